The second-order valence-electron chi connectivity index (χ2n) is 4.46. The van der Waals surface area contributed by atoms with E-state index in [1.165, 1.54) is 0 Å². The van der Waals surface area contributed by atoms with Crippen molar-refractivity contribution in [2.75, 3.05) is 18.1 Å². The molecule has 17 heavy (non-hydrogen) atoms. The number of nitrogen functional groups attached to an aromatic ring is 1. The van der Waals surface area contributed by atoms with E-state index in [1.54, 1.807) is 6.20 Å². The standard InChI is InChI=1S/C12H18N4O/c1-8-7-17-9(2)6-16(8)11-4-3-10(5-15-11)12(13)14/h3-5,8-9H,6-7H2,1-2H3,(H3,13,14)/t8-,9-/m1/s1. The van der Waals surface area contributed by atoms with Gasteiger partial charge in [0.25, 0.3) is 0 Å². The Morgan fingerprint density at radius 1 is 1.53 bits per heavy atom. The van der Waals surface area contributed by atoms with Gasteiger partial charge in [0, 0.05) is 18.3 Å². The fourth-order valence-corrected chi connectivity index (χ4v) is 1.94. The summed E-state index contributed by atoms with van der Waals surface area (Å²) < 4.78 is 5.58. The van der Waals surface area contributed by atoms with Crippen LogP contribution in [-0.4, -0.2) is 36.1 Å². The van der Waals surface area contributed by atoms with E-state index in [-0.39, 0.29) is 11.9 Å². The Morgan fingerprint density at radius 3 is 2.88 bits per heavy atom. The largest absolute Gasteiger partial charge is 0.384 e. The van der Waals surface area contributed by atoms with E-state index in [9.17, 15) is 0 Å². The maximum atomic E-state index is 7.33. The smallest absolute Gasteiger partial charge is 0.128 e. The van der Waals surface area contributed by atoms with Crippen LogP contribution in [0.15, 0.2) is 18.3 Å². The summed E-state index contributed by atoms with van der Waals surface area (Å²) in [5, 5.41) is 7.33. The molecule has 5 nitrogen and oxygen atoms in total. The molecule has 0 radical (unpaired) electrons. The molecule has 1 aliphatic rings. The zero-order valence-electron chi connectivity index (χ0n) is 10.2. The van der Waals surface area contributed by atoms with Gasteiger partial charge in [-0.15, -0.1) is 0 Å². The first-order chi connectivity index (χ1) is 8.08. The lowest BCUT2D eigenvalue weighted by Gasteiger charge is -2.37. The van der Waals surface area contributed by atoms with Gasteiger partial charge in [-0.3, -0.25) is 5.41 Å². The molecular formula is C12H18N4O. The van der Waals surface area contributed by atoms with Crippen LogP contribution in [-0.2, 0) is 4.74 Å². The highest BCUT2D eigenvalue weighted by Crippen LogP contribution is 2.19. The van der Waals surface area contributed by atoms with Crippen LogP contribution in [0, 0.1) is 5.41 Å². The monoisotopic (exact) mass is 234 g/mol. The van der Waals surface area contributed by atoms with Gasteiger partial charge in [0.1, 0.15) is 11.7 Å². The van der Waals surface area contributed by atoms with Gasteiger partial charge >= 0.3 is 0 Å². The molecule has 0 aromatic carbocycles. The number of aromatic nitrogens is 1. The Bertz CT molecular complexity index is 403. The maximum Gasteiger partial charge on any atom is 0.128 e. The van der Waals surface area contributed by atoms with Crippen molar-refractivity contribution in [3.8, 4) is 0 Å². The van der Waals surface area contributed by atoms with Gasteiger partial charge in [-0.2, -0.15) is 0 Å². The van der Waals surface area contributed by atoms with Gasteiger partial charge in [-0.1, -0.05) is 0 Å². The van der Waals surface area contributed by atoms with E-state index >= 15 is 0 Å². The van der Waals surface area contributed by atoms with Crippen molar-refractivity contribution >= 4 is 11.7 Å². The highest BCUT2D eigenvalue weighted by atomic mass is 16.5. The molecule has 3 N–H and O–H groups in total. The number of rotatable bonds is 2. The first-order valence-electron chi connectivity index (χ1n) is 5.76. The quantitative estimate of drug-likeness (QED) is 0.591. The van der Waals surface area contributed by atoms with Crippen LogP contribution >= 0.6 is 0 Å². The van der Waals surface area contributed by atoms with Crippen LogP contribution in [0.3, 0.4) is 0 Å². The van der Waals surface area contributed by atoms with Crippen molar-refractivity contribution in [3.63, 3.8) is 0 Å². The molecule has 2 heterocycles. The Balaban J connectivity index is 2.18. The van der Waals surface area contributed by atoms with Crippen molar-refractivity contribution in [2.24, 2.45) is 5.73 Å². The van der Waals surface area contributed by atoms with Crippen molar-refractivity contribution in [1.82, 2.24) is 4.98 Å². The van der Waals surface area contributed by atoms with E-state index in [0.717, 1.165) is 19.0 Å². The number of hydrogen-bond acceptors (Lipinski definition) is 4. The van der Waals surface area contributed by atoms with E-state index in [1.807, 2.05) is 12.1 Å². The van der Waals surface area contributed by atoms with E-state index < -0.39 is 0 Å². The molecule has 5 heteroatoms. The minimum Gasteiger partial charge on any atom is -0.384 e. The fourth-order valence-electron chi connectivity index (χ4n) is 1.94. The molecule has 1 saturated heterocycles. The first kappa shape index (κ1) is 11.9. The normalized spacial score (nSPS) is 24.7. The first-order valence-corrected chi connectivity index (χ1v) is 5.76. The third kappa shape index (κ3) is 2.55. The van der Waals surface area contributed by atoms with Crippen LogP contribution in [0.4, 0.5) is 5.82 Å². The molecule has 2 rings (SSSR count). The summed E-state index contributed by atoms with van der Waals surface area (Å²) in [6.07, 6.45) is 1.87. The fraction of sp³-hybridized carbons (Fsp3) is 0.500. The van der Waals surface area contributed by atoms with Gasteiger partial charge in [0.15, 0.2) is 0 Å². The maximum absolute atomic E-state index is 7.33. The summed E-state index contributed by atoms with van der Waals surface area (Å²) in [5.74, 6) is 0.963. The number of nitrogens with zero attached hydrogens (tertiary/aromatic N) is 2. The predicted octanol–water partition coefficient (Wildman–Crippen LogP) is 0.979. The van der Waals surface area contributed by atoms with E-state index in [4.69, 9.17) is 15.9 Å². The number of pyridine rings is 1. The molecule has 0 saturated carbocycles. The molecule has 0 amide bonds. The average molecular weight is 234 g/mol. The molecule has 0 spiro atoms. The lowest BCUT2D eigenvalue weighted by atomic mass is 10.2. The number of anilines is 1. The number of ether oxygens (including phenoxy) is 1. The van der Waals surface area contributed by atoms with Crippen molar-refractivity contribution < 1.29 is 4.74 Å². The highest BCUT2D eigenvalue weighted by Gasteiger charge is 2.24. The Hall–Kier alpha value is -1.62. The number of nitrogens with one attached hydrogen (secondary N) is 1. The minimum atomic E-state index is 0.0486. The predicted molar refractivity (Wildman–Crippen MR) is 67.5 cm³/mol. The lowest BCUT2D eigenvalue weighted by Crippen LogP contribution is -2.47. The van der Waals surface area contributed by atoms with Gasteiger partial charge < -0.3 is 15.4 Å². The molecule has 0 aliphatic carbocycles. The van der Waals surface area contributed by atoms with Crippen molar-refractivity contribution in [2.45, 2.75) is 26.0 Å². The SMILES string of the molecule is C[C@@H]1CN(c2ccc(C(=N)N)cn2)[C@H](C)CO1. The number of morpholine rings is 1. The van der Waals surface area contributed by atoms with Gasteiger partial charge in [0.05, 0.1) is 18.8 Å². The molecule has 1 aromatic heterocycles. The van der Waals surface area contributed by atoms with Gasteiger partial charge in [0.2, 0.25) is 0 Å². The summed E-state index contributed by atoms with van der Waals surface area (Å²) in [7, 11) is 0. The van der Waals surface area contributed by atoms with Crippen molar-refractivity contribution in [3.05, 3.63) is 23.9 Å². The summed E-state index contributed by atoms with van der Waals surface area (Å²) in [4.78, 5) is 6.58. The molecular weight excluding hydrogens is 216 g/mol. The summed E-state index contributed by atoms with van der Waals surface area (Å²) >= 11 is 0. The summed E-state index contributed by atoms with van der Waals surface area (Å²) in [6.45, 7) is 5.74. The third-order valence-electron chi connectivity index (χ3n) is 2.96. The lowest BCUT2D eigenvalue weighted by molar-refractivity contribution is 0.0340. The van der Waals surface area contributed by atoms with Crippen LogP contribution in [0.5, 0.6) is 0 Å². The zero-order valence-corrected chi connectivity index (χ0v) is 10.2. The molecule has 2 atom stereocenters. The Kier molecular flexibility index (Phi) is 3.28. The van der Waals surface area contributed by atoms with Crippen LogP contribution in [0.1, 0.15) is 19.4 Å². The molecule has 0 unspecified atom stereocenters. The van der Waals surface area contributed by atoms with Crippen LogP contribution in [0.25, 0.3) is 0 Å². The molecule has 1 aromatic rings. The average Bonchev–Trinajstić information content (AvgIpc) is 2.32. The Labute approximate surface area is 101 Å². The summed E-state index contributed by atoms with van der Waals surface area (Å²) in [5.41, 5.74) is 6.06. The molecule has 92 valence electrons. The molecule has 0 bridgehead atoms. The topological polar surface area (TPSA) is 75.2 Å². The number of hydrogen-bond donors (Lipinski definition) is 2. The third-order valence-corrected chi connectivity index (χ3v) is 2.96. The van der Waals surface area contributed by atoms with Crippen LogP contribution in [0.2, 0.25) is 0 Å². The zero-order chi connectivity index (χ0) is 12.4. The van der Waals surface area contributed by atoms with Gasteiger partial charge in [-0.25, -0.2) is 4.98 Å². The van der Waals surface area contributed by atoms with E-state index in [0.29, 0.717) is 11.6 Å². The summed E-state index contributed by atoms with van der Waals surface area (Å²) in [6, 6.07) is 4.06. The molecule has 1 aliphatic heterocycles. The van der Waals surface area contributed by atoms with Gasteiger partial charge in [-0.05, 0) is 26.0 Å². The number of nitrogens with two attached hydrogens (primary N) is 1. The van der Waals surface area contributed by atoms with Crippen molar-refractivity contribution in [1.29, 1.82) is 5.41 Å². The van der Waals surface area contributed by atoms with E-state index in [2.05, 4.69) is 23.7 Å². The van der Waals surface area contributed by atoms with Crippen LogP contribution < -0.4 is 10.6 Å². The number of amidine groups is 1. The molecule has 1 fully saturated rings. The second kappa shape index (κ2) is 4.71. The second-order valence-corrected chi connectivity index (χ2v) is 4.46. The highest BCUT2D eigenvalue weighted by molar-refractivity contribution is 5.94. The Morgan fingerprint density at radius 2 is 2.29 bits per heavy atom. The minimum absolute atomic E-state index is 0.0486.